The van der Waals surface area contributed by atoms with Crippen LogP contribution in [-0.2, 0) is 18.4 Å². The molecule has 1 aliphatic rings. The van der Waals surface area contributed by atoms with Gasteiger partial charge in [-0.25, -0.2) is 0 Å². The molecule has 2 heterocycles. The van der Waals surface area contributed by atoms with Gasteiger partial charge in [0.15, 0.2) is 0 Å². The van der Waals surface area contributed by atoms with Gasteiger partial charge >= 0.3 is 0 Å². The second-order valence-electron chi connectivity index (χ2n) is 9.81. The molecule has 0 bridgehead atoms. The van der Waals surface area contributed by atoms with E-state index in [4.69, 9.17) is 4.74 Å². The summed E-state index contributed by atoms with van der Waals surface area (Å²) in [4.78, 5) is 29.6. The third-order valence-corrected chi connectivity index (χ3v) is 7.60. The number of nitrogens with zero attached hydrogens (tertiary/aromatic N) is 2. The summed E-state index contributed by atoms with van der Waals surface area (Å²) in [6.45, 7) is 4.49. The highest BCUT2D eigenvalue weighted by atomic mass is 16.5. The SMILES string of the molecule is CCC(C)C(C(=O)NCc1ccc(OC)cc1)N1C(=O)c2ccccc2C1c1cn(C)c2ccccc12. The summed E-state index contributed by atoms with van der Waals surface area (Å²) in [5.41, 5.74) is 4.71. The van der Waals surface area contributed by atoms with Crippen molar-refractivity contribution in [3.05, 3.63) is 101 Å². The van der Waals surface area contributed by atoms with Gasteiger partial charge in [-0.1, -0.05) is 68.8 Å². The number of ether oxygens (including phenoxy) is 1. The normalized spacial score (nSPS) is 16.5. The molecule has 0 saturated carbocycles. The number of fused-ring (bicyclic) bond motifs is 2. The van der Waals surface area contributed by atoms with E-state index in [1.54, 1.807) is 7.11 Å². The highest BCUT2D eigenvalue weighted by molar-refractivity contribution is 6.03. The molecule has 1 aliphatic heterocycles. The minimum Gasteiger partial charge on any atom is -0.497 e. The van der Waals surface area contributed by atoms with E-state index in [1.165, 1.54) is 0 Å². The van der Waals surface area contributed by atoms with Crippen LogP contribution in [-0.4, -0.2) is 34.4 Å². The Bertz CT molecular complexity index is 1440. The fourth-order valence-electron chi connectivity index (χ4n) is 5.45. The van der Waals surface area contributed by atoms with E-state index in [0.29, 0.717) is 12.1 Å². The number of nitrogens with one attached hydrogen (secondary N) is 1. The van der Waals surface area contributed by atoms with Crippen molar-refractivity contribution in [2.75, 3.05) is 7.11 Å². The molecule has 5 rings (SSSR count). The first kappa shape index (κ1) is 24.6. The Morgan fingerprint density at radius 3 is 2.43 bits per heavy atom. The number of methoxy groups -OCH3 is 1. The first-order chi connectivity index (χ1) is 17.9. The van der Waals surface area contributed by atoms with Gasteiger partial charge in [-0.3, -0.25) is 9.59 Å². The van der Waals surface area contributed by atoms with E-state index in [0.717, 1.165) is 39.8 Å². The van der Waals surface area contributed by atoms with Gasteiger partial charge in [0.05, 0.1) is 13.2 Å². The lowest BCUT2D eigenvalue weighted by Gasteiger charge is -2.36. The van der Waals surface area contributed by atoms with Crippen LogP contribution in [0.25, 0.3) is 10.9 Å². The Kier molecular flexibility index (Phi) is 6.74. The van der Waals surface area contributed by atoms with Crippen LogP contribution in [0.5, 0.6) is 5.75 Å². The smallest absolute Gasteiger partial charge is 0.255 e. The minimum atomic E-state index is -0.618. The van der Waals surface area contributed by atoms with Crippen LogP contribution in [0.2, 0.25) is 0 Å². The largest absolute Gasteiger partial charge is 0.497 e. The predicted molar refractivity (Wildman–Crippen MR) is 145 cm³/mol. The average Bonchev–Trinajstić information content (AvgIpc) is 3.41. The molecule has 1 aromatic heterocycles. The summed E-state index contributed by atoms with van der Waals surface area (Å²) in [7, 11) is 3.65. The lowest BCUT2D eigenvalue weighted by molar-refractivity contribution is -0.128. The highest BCUT2D eigenvalue weighted by Gasteiger charge is 2.46. The third-order valence-electron chi connectivity index (χ3n) is 7.60. The number of aromatic nitrogens is 1. The molecule has 0 spiro atoms. The Hall–Kier alpha value is -4.06. The number of aryl methyl sites for hydroxylation is 1. The van der Waals surface area contributed by atoms with Gasteiger partial charge in [-0.15, -0.1) is 0 Å². The molecule has 6 nitrogen and oxygen atoms in total. The van der Waals surface area contributed by atoms with Gasteiger partial charge in [0.1, 0.15) is 11.8 Å². The summed E-state index contributed by atoms with van der Waals surface area (Å²) in [6.07, 6.45) is 2.86. The molecular weight excluding hydrogens is 462 g/mol. The van der Waals surface area contributed by atoms with Crippen molar-refractivity contribution in [1.82, 2.24) is 14.8 Å². The van der Waals surface area contributed by atoms with E-state index in [1.807, 2.05) is 79.5 Å². The quantitative estimate of drug-likeness (QED) is 0.353. The van der Waals surface area contributed by atoms with Crippen LogP contribution in [0.1, 0.15) is 53.4 Å². The second-order valence-corrected chi connectivity index (χ2v) is 9.81. The lowest BCUT2D eigenvalue weighted by atomic mass is 9.92. The van der Waals surface area contributed by atoms with Crippen molar-refractivity contribution in [3.63, 3.8) is 0 Å². The Morgan fingerprint density at radius 2 is 1.70 bits per heavy atom. The van der Waals surface area contributed by atoms with E-state index in [-0.39, 0.29) is 23.8 Å². The van der Waals surface area contributed by atoms with Crippen LogP contribution in [0, 0.1) is 5.92 Å². The van der Waals surface area contributed by atoms with Crippen molar-refractivity contribution in [2.24, 2.45) is 13.0 Å². The number of rotatable bonds is 8. The zero-order valence-electron chi connectivity index (χ0n) is 21.8. The molecular formula is C31H33N3O3. The molecule has 190 valence electrons. The van der Waals surface area contributed by atoms with Gasteiger partial charge in [-0.05, 0) is 41.3 Å². The molecule has 3 unspecified atom stereocenters. The van der Waals surface area contributed by atoms with Gasteiger partial charge in [0.2, 0.25) is 5.91 Å². The molecule has 3 aromatic carbocycles. The van der Waals surface area contributed by atoms with Gasteiger partial charge < -0.3 is 19.5 Å². The summed E-state index contributed by atoms with van der Waals surface area (Å²) in [5.74, 6) is 0.493. The van der Waals surface area contributed by atoms with E-state index >= 15 is 0 Å². The van der Waals surface area contributed by atoms with Crippen molar-refractivity contribution in [3.8, 4) is 5.75 Å². The number of carbonyl (C=O) groups is 2. The number of benzene rings is 3. The number of hydrogen-bond donors (Lipinski definition) is 1. The molecule has 3 atom stereocenters. The molecule has 0 aliphatic carbocycles. The Balaban J connectivity index is 1.55. The van der Waals surface area contributed by atoms with E-state index in [2.05, 4.69) is 35.1 Å². The summed E-state index contributed by atoms with van der Waals surface area (Å²) < 4.78 is 7.34. The monoisotopic (exact) mass is 495 g/mol. The average molecular weight is 496 g/mol. The van der Waals surface area contributed by atoms with Crippen LogP contribution in [0.3, 0.4) is 0 Å². The van der Waals surface area contributed by atoms with E-state index < -0.39 is 6.04 Å². The fraction of sp³-hybridized carbons (Fsp3) is 0.290. The standard InChI is InChI=1S/C31H33N3O3/c1-5-20(2)28(30(35)32-18-21-14-16-22(37-4)17-15-21)34-29(24-11-6-7-12-25(24)31(34)36)26-19-33(3)27-13-9-8-10-23(26)27/h6-17,19-20,28-29H,5,18H2,1-4H3,(H,32,35). The van der Waals surface area contributed by atoms with Crippen molar-refractivity contribution in [2.45, 2.75) is 38.9 Å². The van der Waals surface area contributed by atoms with Crippen LogP contribution in [0.4, 0.5) is 0 Å². The maximum absolute atomic E-state index is 14.0. The van der Waals surface area contributed by atoms with Gasteiger partial charge in [0.25, 0.3) is 5.91 Å². The number of para-hydroxylation sites is 1. The summed E-state index contributed by atoms with van der Waals surface area (Å²) in [6, 6.07) is 22.6. The van der Waals surface area contributed by atoms with Crippen molar-refractivity contribution >= 4 is 22.7 Å². The second kappa shape index (κ2) is 10.1. The zero-order chi connectivity index (χ0) is 26.1. The minimum absolute atomic E-state index is 0.0355. The first-order valence-electron chi connectivity index (χ1n) is 12.8. The van der Waals surface area contributed by atoms with Crippen LogP contribution < -0.4 is 10.1 Å². The zero-order valence-corrected chi connectivity index (χ0v) is 21.8. The molecule has 4 aromatic rings. The highest BCUT2D eigenvalue weighted by Crippen LogP contribution is 2.44. The topological polar surface area (TPSA) is 63.6 Å². The number of hydrogen-bond acceptors (Lipinski definition) is 3. The molecule has 6 heteroatoms. The van der Waals surface area contributed by atoms with Crippen LogP contribution >= 0.6 is 0 Å². The maximum Gasteiger partial charge on any atom is 0.255 e. The number of carbonyl (C=O) groups excluding carboxylic acids is 2. The van der Waals surface area contributed by atoms with Gasteiger partial charge in [0, 0.05) is 41.8 Å². The molecule has 0 saturated heterocycles. The van der Waals surface area contributed by atoms with Gasteiger partial charge in [-0.2, -0.15) is 0 Å². The maximum atomic E-state index is 14.0. The molecule has 0 fully saturated rings. The van der Waals surface area contributed by atoms with Crippen LogP contribution in [0.15, 0.2) is 79.0 Å². The lowest BCUT2D eigenvalue weighted by Crippen LogP contribution is -2.51. The van der Waals surface area contributed by atoms with Crippen molar-refractivity contribution in [1.29, 1.82) is 0 Å². The summed E-state index contributed by atoms with van der Waals surface area (Å²) in [5, 5.41) is 4.20. The predicted octanol–water partition coefficient (Wildman–Crippen LogP) is 5.46. The van der Waals surface area contributed by atoms with Crippen molar-refractivity contribution < 1.29 is 14.3 Å². The first-order valence-corrected chi connectivity index (χ1v) is 12.8. The molecule has 37 heavy (non-hydrogen) atoms. The number of amides is 2. The molecule has 1 N–H and O–H groups in total. The van der Waals surface area contributed by atoms with E-state index in [9.17, 15) is 9.59 Å². The molecule has 0 radical (unpaired) electrons. The Labute approximate surface area is 217 Å². The third kappa shape index (κ3) is 4.37. The molecule has 2 amide bonds. The summed E-state index contributed by atoms with van der Waals surface area (Å²) >= 11 is 0. The fourth-order valence-corrected chi connectivity index (χ4v) is 5.45. The Morgan fingerprint density at radius 1 is 1.00 bits per heavy atom.